The molecule has 0 bridgehead atoms. The largest absolute Gasteiger partial charge is 0.337 e. The molecule has 3 rings (SSSR count). The second kappa shape index (κ2) is 8.49. The minimum absolute atomic E-state index is 0.151. The van der Waals surface area contributed by atoms with E-state index < -0.39 is 0 Å². The number of hydrogen-bond acceptors (Lipinski definition) is 5. The van der Waals surface area contributed by atoms with Gasteiger partial charge >= 0.3 is 0 Å². The zero-order valence-electron chi connectivity index (χ0n) is 13.7. The van der Waals surface area contributed by atoms with E-state index in [2.05, 4.69) is 36.8 Å². The standard InChI is InChI=1S/C16H21BrN4OS2/c1-2-20(10-12-7-8-13(17)24-12)15(22)11-23-16-19-18-14-6-4-3-5-9-21(14)16/h7-8H,2-6,9-11H2,1H3. The minimum atomic E-state index is 0.151. The topological polar surface area (TPSA) is 51.0 Å². The van der Waals surface area contributed by atoms with E-state index in [0.29, 0.717) is 18.8 Å². The van der Waals surface area contributed by atoms with Crippen molar-refractivity contribution < 1.29 is 4.79 Å². The highest BCUT2D eigenvalue weighted by Gasteiger charge is 2.18. The molecule has 130 valence electrons. The van der Waals surface area contributed by atoms with Gasteiger partial charge in [0.1, 0.15) is 5.82 Å². The van der Waals surface area contributed by atoms with Gasteiger partial charge in [-0.2, -0.15) is 0 Å². The molecular formula is C16H21BrN4OS2. The Hall–Kier alpha value is -0.860. The molecule has 1 aliphatic heterocycles. The van der Waals surface area contributed by atoms with Crippen molar-refractivity contribution in [1.29, 1.82) is 0 Å². The van der Waals surface area contributed by atoms with Gasteiger partial charge in [-0.25, -0.2) is 0 Å². The first-order valence-corrected chi connectivity index (χ1v) is 10.8. The molecule has 0 N–H and O–H groups in total. The number of nitrogens with zero attached hydrogens (tertiary/aromatic N) is 4. The molecule has 0 saturated heterocycles. The van der Waals surface area contributed by atoms with Crippen LogP contribution < -0.4 is 0 Å². The summed E-state index contributed by atoms with van der Waals surface area (Å²) in [5.74, 6) is 1.63. The third-order valence-corrected chi connectivity index (χ3v) is 6.67. The van der Waals surface area contributed by atoms with Gasteiger partial charge in [0.05, 0.1) is 16.1 Å². The van der Waals surface area contributed by atoms with E-state index in [4.69, 9.17) is 0 Å². The highest BCUT2D eigenvalue weighted by molar-refractivity contribution is 9.11. The molecule has 5 nitrogen and oxygen atoms in total. The van der Waals surface area contributed by atoms with Gasteiger partial charge < -0.3 is 9.47 Å². The van der Waals surface area contributed by atoms with Crippen molar-refractivity contribution >= 4 is 44.9 Å². The molecule has 0 radical (unpaired) electrons. The number of thioether (sulfide) groups is 1. The molecule has 3 heterocycles. The maximum atomic E-state index is 12.6. The molecule has 1 amide bonds. The average molecular weight is 429 g/mol. The number of halogens is 1. The molecule has 0 aliphatic carbocycles. The smallest absolute Gasteiger partial charge is 0.233 e. The van der Waals surface area contributed by atoms with Crippen molar-refractivity contribution in [2.45, 2.75) is 50.9 Å². The van der Waals surface area contributed by atoms with Gasteiger partial charge in [-0.1, -0.05) is 18.2 Å². The van der Waals surface area contributed by atoms with Gasteiger partial charge in [-0.15, -0.1) is 21.5 Å². The quantitative estimate of drug-likeness (QED) is 0.653. The van der Waals surface area contributed by atoms with Gasteiger partial charge in [0.15, 0.2) is 5.16 Å². The maximum absolute atomic E-state index is 12.6. The summed E-state index contributed by atoms with van der Waals surface area (Å²) in [6, 6.07) is 4.09. The lowest BCUT2D eigenvalue weighted by Crippen LogP contribution is -2.31. The lowest BCUT2D eigenvalue weighted by atomic mass is 10.2. The number of aromatic nitrogens is 3. The average Bonchev–Trinajstić information content (AvgIpc) is 3.08. The second-order valence-electron chi connectivity index (χ2n) is 5.76. The molecular weight excluding hydrogens is 408 g/mol. The van der Waals surface area contributed by atoms with Crippen molar-refractivity contribution in [2.75, 3.05) is 12.3 Å². The lowest BCUT2D eigenvalue weighted by Gasteiger charge is -2.19. The number of amides is 1. The monoisotopic (exact) mass is 428 g/mol. The lowest BCUT2D eigenvalue weighted by molar-refractivity contribution is -0.128. The van der Waals surface area contributed by atoms with Crippen molar-refractivity contribution in [3.8, 4) is 0 Å². The van der Waals surface area contributed by atoms with E-state index in [-0.39, 0.29) is 5.91 Å². The molecule has 0 fully saturated rings. The summed E-state index contributed by atoms with van der Waals surface area (Å²) in [6.07, 6.45) is 4.59. The van der Waals surface area contributed by atoms with E-state index in [0.717, 1.165) is 27.7 Å². The number of hydrogen-bond donors (Lipinski definition) is 0. The van der Waals surface area contributed by atoms with Crippen LogP contribution in [0, 0.1) is 0 Å². The molecule has 2 aromatic heterocycles. The van der Waals surface area contributed by atoms with Crippen LogP contribution in [-0.4, -0.2) is 37.9 Å². The number of carbonyl (C=O) groups excluding carboxylic acids is 1. The summed E-state index contributed by atoms with van der Waals surface area (Å²) in [7, 11) is 0. The fourth-order valence-corrected chi connectivity index (χ4v) is 5.17. The summed E-state index contributed by atoms with van der Waals surface area (Å²) >= 11 is 6.66. The van der Waals surface area contributed by atoms with Crippen LogP contribution in [0.1, 0.15) is 36.9 Å². The van der Waals surface area contributed by atoms with Crippen LogP contribution in [0.5, 0.6) is 0 Å². The van der Waals surface area contributed by atoms with E-state index in [1.54, 1.807) is 11.3 Å². The number of thiophene rings is 1. The van der Waals surface area contributed by atoms with Crippen molar-refractivity contribution in [3.63, 3.8) is 0 Å². The molecule has 0 aromatic carbocycles. The Morgan fingerprint density at radius 1 is 1.38 bits per heavy atom. The first kappa shape index (κ1) is 17.9. The van der Waals surface area contributed by atoms with E-state index in [1.165, 1.54) is 35.9 Å². The van der Waals surface area contributed by atoms with Gasteiger partial charge in [0.25, 0.3) is 0 Å². The minimum Gasteiger partial charge on any atom is -0.337 e. The Balaban J connectivity index is 1.59. The van der Waals surface area contributed by atoms with Gasteiger partial charge in [-0.05, 0) is 47.8 Å². The van der Waals surface area contributed by atoms with Crippen molar-refractivity contribution in [2.24, 2.45) is 0 Å². The summed E-state index contributed by atoms with van der Waals surface area (Å²) < 4.78 is 3.29. The first-order valence-electron chi connectivity index (χ1n) is 8.24. The molecule has 0 atom stereocenters. The predicted octanol–water partition coefficient (Wildman–Crippen LogP) is 3.97. The van der Waals surface area contributed by atoms with Crippen LogP contribution >= 0.6 is 39.0 Å². The molecule has 8 heteroatoms. The van der Waals surface area contributed by atoms with E-state index in [9.17, 15) is 4.79 Å². The third-order valence-electron chi connectivity index (χ3n) is 4.11. The van der Waals surface area contributed by atoms with Crippen LogP contribution in [0.25, 0.3) is 0 Å². The van der Waals surface area contributed by atoms with Crippen LogP contribution in [0.15, 0.2) is 21.1 Å². The number of rotatable bonds is 6. The van der Waals surface area contributed by atoms with Crippen LogP contribution in [-0.2, 0) is 24.3 Å². The SMILES string of the molecule is CCN(Cc1ccc(Br)s1)C(=O)CSc1nnc2n1CCCCC2. The molecule has 24 heavy (non-hydrogen) atoms. The molecule has 2 aromatic rings. The summed E-state index contributed by atoms with van der Waals surface area (Å²) in [4.78, 5) is 15.6. The third kappa shape index (κ3) is 4.40. The zero-order valence-corrected chi connectivity index (χ0v) is 16.9. The van der Waals surface area contributed by atoms with Gasteiger partial charge in [0, 0.05) is 24.4 Å². The fourth-order valence-electron chi connectivity index (χ4n) is 2.78. The molecule has 0 saturated carbocycles. The summed E-state index contributed by atoms with van der Waals surface area (Å²) in [6.45, 7) is 4.38. The van der Waals surface area contributed by atoms with E-state index in [1.807, 2.05) is 17.9 Å². The first-order chi connectivity index (χ1) is 11.7. The highest BCUT2D eigenvalue weighted by atomic mass is 79.9. The predicted molar refractivity (Wildman–Crippen MR) is 101 cm³/mol. The number of aryl methyl sites for hydroxylation is 1. The Labute approximate surface area is 159 Å². The highest BCUT2D eigenvalue weighted by Crippen LogP contribution is 2.25. The Bertz CT molecular complexity index is 700. The summed E-state index contributed by atoms with van der Waals surface area (Å²) in [5, 5.41) is 9.46. The zero-order chi connectivity index (χ0) is 16.9. The Kier molecular flexibility index (Phi) is 6.35. The number of carbonyl (C=O) groups is 1. The normalized spacial score (nSPS) is 14.2. The van der Waals surface area contributed by atoms with Crippen LogP contribution in [0.4, 0.5) is 0 Å². The summed E-state index contributed by atoms with van der Waals surface area (Å²) in [5.41, 5.74) is 0. The second-order valence-corrected chi connectivity index (χ2v) is 9.25. The van der Waals surface area contributed by atoms with Crippen molar-refractivity contribution in [3.05, 3.63) is 26.6 Å². The Morgan fingerprint density at radius 2 is 2.25 bits per heavy atom. The fraction of sp³-hybridized carbons (Fsp3) is 0.562. The van der Waals surface area contributed by atoms with E-state index >= 15 is 0 Å². The molecule has 0 spiro atoms. The number of fused-ring (bicyclic) bond motifs is 1. The van der Waals surface area contributed by atoms with Gasteiger partial charge in [-0.3, -0.25) is 4.79 Å². The van der Waals surface area contributed by atoms with Crippen LogP contribution in [0.3, 0.4) is 0 Å². The molecule has 0 unspecified atom stereocenters. The maximum Gasteiger partial charge on any atom is 0.233 e. The molecule has 1 aliphatic rings. The van der Waals surface area contributed by atoms with Gasteiger partial charge in [0.2, 0.25) is 5.91 Å². The Morgan fingerprint density at radius 3 is 3.00 bits per heavy atom. The van der Waals surface area contributed by atoms with Crippen molar-refractivity contribution in [1.82, 2.24) is 19.7 Å². The van der Waals surface area contributed by atoms with Crippen LogP contribution in [0.2, 0.25) is 0 Å².